The summed E-state index contributed by atoms with van der Waals surface area (Å²) in [6.07, 6.45) is 4.42. The molecule has 1 heterocycles. The molecule has 2 aromatic carbocycles. The quantitative estimate of drug-likeness (QED) is 0.344. The van der Waals surface area contributed by atoms with Crippen molar-refractivity contribution in [1.82, 2.24) is 10.4 Å². The van der Waals surface area contributed by atoms with Crippen LogP contribution in [0, 0.1) is 13.8 Å². The van der Waals surface area contributed by atoms with Crippen LogP contribution in [-0.2, 0) is 10.1 Å². The number of hydrogen-bond donors (Lipinski definition) is 1. The van der Waals surface area contributed by atoms with Gasteiger partial charge in [0.05, 0.1) is 13.3 Å². The Labute approximate surface area is 180 Å². The molecule has 0 aliphatic heterocycles. The molecule has 1 amide bonds. The normalized spacial score (nSPS) is 11.3. The van der Waals surface area contributed by atoms with Gasteiger partial charge in [0.1, 0.15) is 4.90 Å². The van der Waals surface area contributed by atoms with Gasteiger partial charge in [-0.2, -0.15) is 13.5 Å². The zero-order chi connectivity index (χ0) is 22.4. The molecule has 8 nitrogen and oxygen atoms in total. The van der Waals surface area contributed by atoms with Crippen LogP contribution in [-0.4, -0.2) is 32.6 Å². The van der Waals surface area contributed by atoms with Crippen LogP contribution in [0.15, 0.2) is 70.9 Å². The highest BCUT2D eigenvalue weighted by atomic mass is 32.2. The molecule has 0 aliphatic rings. The minimum Gasteiger partial charge on any atom is -0.493 e. The molecule has 3 rings (SSSR count). The maximum absolute atomic E-state index is 12.8. The fraction of sp³-hybridized carbons (Fsp3) is 0.136. The highest BCUT2D eigenvalue weighted by Crippen LogP contribution is 2.31. The van der Waals surface area contributed by atoms with E-state index >= 15 is 0 Å². The molecule has 0 unspecified atom stereocenters. The zero-order valence-corrected chi connectivity index (χ0v) is 18.0. The van der Waals surface area contributed by atoms with Crippen LogP contribution in [0.5, 0.6) is 11.5 Å². The summed E-state index contributed by atoms with van der Waals surface area (Å²) in [5, 5.41) is 3.91. The molecule has 0 spiro atoms. The maximum Gasteiger partial charge on any atom is 0.339 e. The van der Waals surface area contributed by atoms with Crippen LogP contribution < -0.4 is 14.3 Å². The molecular weight excluding hydrogens is 418 g/mol. The van der Waals surface area contributed by atoms with Crippen molar-refractivity contribution in [2.75, 3.05) is 7.11 Å². The zero-order valence-electron chi connectivity index (χ0n) is 17.2. The predicted octanol–water partition coefficient (Wildman–Crippen LogP) is 3.24. The molecule has 0 saturated carbocycles. The van der Waals surface area contributed by atoms with E-state index in [9.17, 15) is 13.2 Å². The minimum atomic E-state index is -4.05. The standard InChI is InChI=1S/C22H21N3O5S/c1-15-4-5-16(2)21(12-15)31(27,28)30-19-7-6-17(13-20(19)29-3)14-24-25-22(26)18-8-10-23-11-9-18/h4-14H,1-3H3,(H,25,26)/b24-14+. The van der Waals surface area contributed by atoms with E-state index in [1.165, 1.54) is 31.8 Å². The average molecular weight is 439 g/mol. The van der Waals surface area contributed by atoms with E-state index in [1.807, 2.05) is 6.07 Å². The Hall–Kier alpha value is -3.72. The fourth-order valence-corrected chi connectivity index (χ4v) is 3.96. The van der Waals surface area contributed by atoms with Crippen molar-refractivity contribution in [2.24, 2.45) is 5.10 Å². The Morgan fingerprint density at radius 1 is 1.03 bits per heavy atom. The number of aryl methyl sites for hydroxylation is 2. The first-order valence-electron chi connectivity index (χ1n) is 9.23. The lowest BCUT2D eigenvalue weighted by Gasteiger charge is -2.13. The van der Waals surface area contributed by atoms with Gasteiger partial charge in [0, 0.05) is 18.0 Å². The van der Waals surface area contributed by atoms with Gasteiger partial charge in [-0.05, 0) is 66.9 Å². The van der Waals surface area contributed by atoms with Gasteiger partial charge in [-0.3, -0.25) is 9.78 Å². The second-order valence-electron chi connectivity index (χ2n) is 6.65. The Balaban J connectivity index is 1.77. The topological polar surface area (TPSA) is 107 Å². The van der Waals surface area contributed by atoms with Crippen molar-refractivity contribution in [1.29, 1.82) is 0 Å². The van der Waals surface area contributed by atoms with Crippen molar-refractivity contribution in [3.8, 4) is 11.5 Å². The molecule has 3 aromatic rings. The molecule has 0 atom stereocenters. The third-order valence-electron chi connectivity index (χ3n) is 4.32. The van der Waals surface area contributed by atoms with E-state index in [0.29, 0.717) is 16.7 Å². The third kappa shape index (κ3) is 5.46. The molecule has 0 radical (unpaired) electrons. The van der Waals surface area contributed by atoms with Crippen molar-refractivity contribution in [2.45, 2.75) is 18.7 Å². The number of hydrazone groups is 1. The summed E-state index contributed by atoms with van der Waals surface area (Å²) in [6.45, 7) is 3.51. The summed E-state index contributed by atoms with van der Waals surface area (Å²) in [4.78, 5) is 15.9. The molecule has 0 saturated heterocycles. The van der Waals surface area contributed by atoms with E-state index in [-0.39, 0.29) is 22.3 Å². The maximum atomic E-state index is 12.8. The van der Waals surface area contributed by atoms with Crippen LogP contribution in [0.25, 0.3) is 0 Å². The molecule has 31 heavy (non-hydrogen) atoms. The smallest absolute Gasteiger partial charge is 0.339 e. The van der Waals surface area contributed by atoms with Crippen LogP contribution in [0.1, 0.15) is 27.0 Å². The van der Waals surface area contributed by atoms with Crippen molar-refractivity contribution in [3.05, 3.63) is 83.2 Å². The van der Waals surface area contributed by atoms with Crippen LogP contribution >= 0.6 is 0 Å². The summed E-state index contributed by atoms with van der Waals surface area (Å²) >= 11 is 0. The van der Waals surface area contributed by atoms with Gasteiger partial charge < -0.3 is 8.92 Å². The molecule has 1 N–H and O–H groups in total. The number of ether oxygens (including phenoxy) is 1. The first kappa shape index (κ1) is 22.0. The predicted molar refractivity (Wildman–Crippen MR) is 116 cm³/mol. The average Bonchev–Trinajstić information content (AvgIpc) is 2.76. The number of nitrogens with zero attached hydrogens (tertiary/aromatic N) is 2. The van der Waals surface area contributed by atoms with Gasteiger partial charge in [0.15, 0.2) is 11.5 Å². The molecule has 1 aromatic heterocycles. The summed E-state index contributed by atoms with van der Waals surface area (Å²) in [5.74, 6) is -0.134. The van der Waals surface area contributed by atoms with E-state index in [0.717, 1.165) is 5.56 Å². The lowest BCUT2D eigenvalue weighted by molar-refractivity contribution is 0.0955. The van der Waals surface area contributed by atoms with Crippen LogP contribution in [0.2, 0.25) is 0 Å². The third-order valence-corrected chi connectivity index (χ3v) is 5.70. The fourth-order valence-electron chi connectivity index (χ4n) is 2.71. The number of aromatic nitrogens is 1. The van der Waals surface area contributed by atoms with Crippen molar-refractivity contribution >= 4 is 22.2 Å². The van der Waals surface area contributed by atoms with Crippen LogP contribution in [0.3, 0.4) is 0 Å². The SMILES string of the molecule is COc1cc(/C=N/NC(=O)c2ccncc2)ccc1OS(=O)(=O)c1cc(C)ccc1C. The van der Waals surface area contributed by atoms with Crippen molar-refractivity contribution in [3.63, 3.8) is 0 Å². The number of nitrogens with one attached hydrogen (secondary N) is 1. The number of methoxy groups -OCH3 is 1. The monoisotopic (exact) mass is 439 g/mol. The molecular formula is C22H21N3O5S. The first-order chi connectivity index (χ1) is 14.8. The Bertz CT molecular complexity index is 1230. The lowest BCUT2D eigenvalue weighted by atomic mass is 10.2. The van der Waals surface area contributed by atoms with Gasteiger partial charge in [-0.25, -0.2) is 5.43 Å². The van der Waals surface area contributed by atoms with Gasteiger partial charge in [0.2, 0.25) is 0 Å². The van der Waals surface area contributed by atoms with Gasteiger partial charge in [0.25, 0.3) is 5.91 Å². The summed E-state index contributed by atoms with van der Waals surface area (Å²) in [7, 11) is -2.64. The Kier molecular flexibility index (Phi) is 6.66. The molecule has 0 fully saturated rings. The van der Waals surface area contributed by atoms with Crippen LogP contribution in [0.4, 0.5) is 0 Å². The number of rotatable bonds is 7. The largest absolute Gasteiger partial charge is 0.493 e. The molecule has 0 bridgehead atoms. The number of carbonyl (C=O) groups excluding carboxylic acids is 1. The number of amides is 1. The second-order valence-corrected chi connectivity index (χ2v) is 8.17. The number of hydrogen-bond acceptors (Lipinski definition) is 7. The van der Waals surface area contributed by atoms with Crippen molar-refractivity contribution < 1.29 is 22.1 Å². The molecule has 9 heteroatoms. The van der Waals surface area contributed by atoms with E-state index in [4.69, 9.17) is 8.92 Å². The van der Waals surface area contributed by atoms with Gasteiger partial charge in [-0.1, -0.05) is 12.1 Å². The summed E-state index contributed by atoms with van der Waals surface area (Å²) in [6, 6.07) is 12.9. The van der Waals surface area contributed by atoms with E-state index in [1.54, 1.807) is 50.2 Å². The molecule has 0 aliphatic carbocycles. The van der Waals surface area contributed by atoms with Gasteiger partial charge >= 0.3 is 10.1 Å². The minimum absolute atomic E-state index is 0.0429. The number of benzene rings is 2. The number of pyridine rings is 1. The number of carbonyl (C=O) groups is 1. The summed E-state index contributed by atoms with van der Waals surface area (Å²) < 4.78 is 36.1. The Morgan fingerprint density at radius 3 is 2.48 bits per heavy atom. The second kappa shape index (κ2) is 9.40. The molecule has 160 valence electrons. The highest BCUT2D eigenvalue weighted by molar-refractivity contribution is 7.87. The van der Waals surface area contributed by atoms with E-state index in [2.05, 4.69) is 15.5 Å². The van der Waals surface area contributed by atoms with E-state index < -0.39 is 10.1 Å². The first-order valence-corrected chi connectivity index (χ1v) is 10.6. The highest BCUT2D eigenvalue weighted by Gasteiger charge is 2.21. The Morgan fingerprint density at radius 2 is 1.77 bits per heavy atom. The lowest BCUT2D eigenvalue weighted by Crippen LogP contribution is -2.17. The summed E-state index contributed by atoms with van der Waals surface area (Å²) in [5.41, 5.74) is 4.79. The van der Waals surface area contributed by atoms with Gasteiger partial charge in [-0.15, -0.1) is 0 Å².